The van der Waals surface area contributed by atoms with Gasteiger partial charge in [-0.3, -0.25) is 0 Å². The van der Waals surface area contributed by atoms with Gasteiger partial charge in [-0.25, -0.2) is 4.98 Å². The molecule has 0 radical (unpaired) electrons. The van der Waals surface area contributed by atoms with E-state index in [0.29, 0.717) is 17.5 Å². The van der Waals surface area contributed by atoms with Gasteiger partial charge in [0.25, 0.3) is 0 Å². The number of aromatic nitrogens is 2. The number of nitrogens with one attached hydrogen (secondary N) is 1. The third-order valence-corrected chi connectivity index (χ3v) is 6.42. The summed E-state index contributed by atoms with van der Waals surface area (Å²) in [6.45, 7) is 7.91. The zero-order chi connectivity index (χ0) is 17.4. The Kier molecular flexibility index (Phi) is 4.42. The molecule has 1 aromatic carbocycles. The molecule has 1 aromatic heterocycles. The highest BCUT2D eigenvalue weighted by Crippen LogP contribution is 2.50. The lowest BCUT2D eigenvalue weighted by Crippen LogP contribution is -2.44. The van der Waals surface area contributed by atoms with Gasteiger partial charge in [0, 0.05) is 31.5 Å². The summed E-state index contributed by atoms with van der Waals surface area (Å²) >= 11 is 0. The molecule has 1 atom stereocenters. The molecule has 25 heavy (non-hydrogen) atoms. The average Bonchev–Trinajstić information content (AvgIpc) is 3.16. The highest BCUT2D eigenvalue weighted by atomic mass is 15.2. The monoisotopic (exact) mass is 338 g/mol. The van der Waals surface area contributed by atoms with Gasteiger partial charge in [-0.15, -0.1) is 0 Å². The highest BCUT2D eigenvalue weighted by Gasteiger charge is 2.45. The number of fused-ring (bicyclic) bond motifs is 2. The molecule has 1 aliphatic heterocycles. The van der Waals surface area contributed by atoms with Crippen LogP contribution in [0.5, 0.6) is 0 Å². The van der Waals surface area contributed by atoms with Crippen molar-refractivity contribution in [3.63, 3.8) is 0 Å². The predicted octanol–water partition coefficient (Wildman–Crippen LogP) is 3.40. The second kappa shape index (κ2) is 6.58. The molecule has 2 aliphatic rings. The van der Waals surface area contributed by atoms with Crippen molar-refractivity contribution in [3.8, 4) is 0 Å². The van der Waals surface area contributed by atoms with Crippen molar-refractivity contribution in [2.75, 3.05) is 13.1 Å². The molecule has 0 saturated carbocycles. The average molecular weight is 338 g/mol. The fourth-order valence-corrected chi connectivity index (χ4v) is 4.80. The van der Waals surface area contributed by atoms with E-state index in [0.717, 1.165) is 12.4 Å². The minimum atomic E-state index is 0.362. The lowest BCUT2D eigenvalue weighted by Gasteiger charge is -2.42. The summed E-state index contributed by atoms with van der Waals surface area (Å²) in [6.07, 6.45) is 7.68. The minimum Gasteiger partial charge on any atom is -0.337 e. The zero-order valence-electron chi connectivity index (χ0n) is 15.7. The standard InChI is InChI=1S/C21H30N4/c1-16(2)25-11-8-21(9-12-25)14-19(17-6-4-5-7-18(17)21)23-15-20-22-10-13-24(20)3/h4-7,10,13,16,19,23H,8-9,11-12,14-15H2,1-3H3. The van der Waals surface area contributed by atoms with Crippen molar-refractivity contribution in [2.24, 2.45) is 7.05 Å². The number of piperidine rings is 1. The molecule has 0 amide bonds. The van der Waals surface area contributed by atoms with Crippen LogP contribution in [0.1, 0.15) is 56.1 Å². The van der Waals surface area contributed by atoms with E-state index in [9.17, 15) is 0 Å². The molecule has 4 rings (SSSR count). The van der Waals surface area contributed by atoms with Crippen LogP contribution in [0.2, 0.25) is 0 Å². The summed E-state index contributed by atoms with van der Waals surface area (Å²) in [5.41, 5.74) is 3.46. The van der Waals surface area contributed by atoms with E-state index in [-0.39, 0.29) is 0 Å². The quantitative estimate of drug-likeness (QED) is 0.927. The highest BCUT2D eigenvalue weighted by molar-refractivity contribution is 5.42. The fourth-order valence-electron chi connectivity index (χ4n) is 4.80. The maximum Gasteiger partial charge on any atom is 0.122 e. The maximum absolute atomic E-state index is 4.46. The molecule has 1 unspecified atom stereocenters. The SMILES string of the molecule is CC(C)N1CCC2(CC1)CC(NCc1nccn1C)c1ccccc12. The van der Waals surface area contributed by atoms with E-state index >= 15 is 0 Å². The summed E-state index contributed by atoms with van der Waals surface area (Å²) < 4.78 is 2.10. The zero-order valence-corrected chi connectivity index (χ0v) is 15.7. The Balaban J connectivity index is 1.53. The molecule has 1 spiro atoms. The Hall–Kier alpha value is -1.65. The molecule has 1 aliphatic carbocycles. The number of aryl methyl sites for hydroxylation is 1. The Morgan fingerprint density at radius 2 is 2.00 bits per heavy atom. The normalized spacial score (nSPS) is 22.6. The van der Waals surface area contributed by atoms with Gasteiger partial charge in [-0.1, -0.05) is 24.3 Å². The van der Waals surface area contributed by atoms with Crippen LogP contribution in [0.3, 0.4) is 0 Å². The van der Waals surface area contributed by atoms with Crippen molar-refractivity contribution in [1.29, 1.82) is 0 Å². The van der Waals surface area contributed by atoms with Crippen molar-refractivity contribution in [3.05, 3.63) is 53.6 Å². The Morgan fingerprint density at radius 1 is 1.24 bits per heavy atom. The van der Waals surface area contributed by atoms with Crippen LogP contribution in [0, 0.1) is 0 Å². The van der Waals surface area contributed by atoms with Crippen molar-refractivity contribution < 1.29 is 0 Å². The predicted molar refractivity (Wildman–Crippen MR) is 101 cm³/mol. The topological polar surface area (TPSA) is 33.1 Å². The Labute approximate surface area is 151 Å². The largest absolute Gasteiger partial charge is 0.337 e. The third kappa shape index (κ3) is 3.02. The van der Waals surface area contributed by atoms with Gasteiger partial charge in [0.15, 0.2) is 0 Å². The molecule has 134 valence electrons. The number of hydrogen-bond acceptors (Lipinski definition) is 3. The molecule has 2 heterocycles. The Morgan fingerprint density at radius 3 is 2.68 bits per heavy atom. The van der Waals surface area contributed by atoms with Gasteiger partial charge in [0.2, 0.25) is 0 Å². The van der Waals surface area contributed by atoms with E-state index in [2.05, 4.69) is 64.9 Å². The first-order valence-electron chi connectivity index (χ1n) is 9.62. The molecule has 4 nitrogen and oxygen atoms in total. The summed E-state index contributed by atoms with van der Waals surface area (Å²) in [4.78, 5) is 7.09. The summed E-state index contributed by atoms with van der Waals surface area (Å²) in [7, 11) is 2.07. The number of rotatable bonds is 4. The first kappa shape index (κ1) is 16.8. The minimum absolute atomic E-state index is 0.362. The number of benzene rings is 1. The number of nitrogens with zero attached hydrogens (tertiary/aromatic N) is 3. The van der Waals surface area contributed by atoms with Gasteiger partial charge >= 0.3 is 0 Å². The van der Waals surface area contributed by atoms with Gasteiger partial charge in [-0.05, 0) is 62.7 Å². The molecule has 1 N–H and O–H groups in total. The molecular formula is C21H30N4. The van der Waals surface area contributed by atoms with Gasteiger partial charge in [0.1, 0.15) is 5.82 Å². The molecule has 1 saturated heterocycles. The summed E-state index contributed by atoms with van der Waals surface area (Å²) in [6, 6.07) is 10.2. The summed E-state index contributed by atoms with van der Waals surface area (Å²) in [5.74, 6) is 1.10. The van der Waals surface area contributed by atoms with Gasteiger partial charge in [-0.2, -0.15) is 0 Å². The van der Waals surface area contributed by atoms with E-state index in [1.807, 2.05) is 12.4 Å². The molecule has 0 bridgehead atoms. The second-order valence-corrected chi connectivity index (χ2v) is 8.09. The van der Waals surface area contributed by atoms with Crippen LogP contribution in [-0.4, -0.2) is 33.6 Å². The smallest absolute Gasteiger partial charge is 0.122 e. The summed E-state index contributed by atoms with van der Waals surface area (Å²) in [5, 5.41) is 3.79. The second-order valence-electron chi connectivity index (χ2n) is 8.09. The molecule has 2 aromatic rings. The van der Waals surface area contributed by atoms with Crippen LogP contribution in [0.15, 0.2) is 36.7 Å². The molecule has 1 fully saturated rings. The van der Waals surface area contributed by atoms with E-state index < -0.39 is 0 Å². The first-order chi connectivity index (χ1) is 12.1. The number of likely N-dealkylation sites (tertiary alicyclic amines) is 1. The van der Waals surface area contributed by atoms with Crippen LogP contribution in [0.25, 0.3) is 0 Å². The first-order valence-corrected chi connectivity index (χ1v) is 9.62. The van der Waals surface area contributed by atoms with Crippen LogP contribution in [0.4, 0.5) is 0 Å². The van der Waals surface area contributed by atoms with Crippen LogP contribution in [-0.2, 0) is 19.0 Å². The van der Waals surface area contributed by atoms with Crippen LogP contribution < -0.4 is 5.32 Å². The van der Waals surface area contributed by atoms with E-state index in [1.165, 1.54) is 37.9 Å². The fraction of sp³-hybridized carbons (Fsp3) is 0.571. The molecule has 4 heteroatoms. The van der Waals surface area contributed by atoms with Crippen molar-refractivity contribution in [1.82, 2.24) is 19.8 Å². The Bertz CT molecular complexity index is 725. The lowest BCUT2D eigenvalue weighted by atomic mass is 9.73. The van der Waals surface area contributed by atoms with Gasteiger partial charge < -0.3 is 14.8 Å². The lowest BCUT2D eigenvalue weighted by molar-refractivity contribution is 0.124. The van der Waals surface area contributed by atoms with Gasteiger partial charge in [0.05, 0.1) is 6.54 Å². The third-order valence-electron chi connectivity index (χ3n) is 6.42. The van der Waals surface area contributed by atoms with Crippen molar-refractivity contribution in [2.45, 2.75) is 57.2 Å². The number of hydrogen-bond donors (Lipinski definition) is 1. The maximum atomic E-state index is 4.46. The van der Waals surface area contributed by atoms with E-state index in [1.54, 1.807) is 5.56 Å². The number of imidazole rings is 1. The van der Waals surface area contributed by atoms with Crippen LogP contribution >= 0.6 is 0 Å². The van der Waals surface area contributed by atoms with Crippen molar-refractivity contribution >= 4 is 0 Å². The molecular weight excluding hydrogens is 308 g/mol. The van der Waals surface area contributed by atoms with E-state index in [4.69, 9.17) is 0 Å².